The Morgan fingerprint density at radius 3 is 2.46 bits per heavy atom. The van der Waals surface area contributed by atoms with Gasteiger partial charge >= 0.3 is 12.0 Å². The predicted octanol–water partition coefficient (Wildman–Crippen LogP) is 5.02. The molecule has 192 valence electrons. The van der Waals surface area contributed by atoms with E-state index in [-0.39, 0.29) is 24.0 Å². The van der Waals surface area contributed by atoms with Crippen LogP contribution in [0, 0.1) is 0 Å². The van der Waals surface area contributed by atoms with E-state index in [1.807, 2.05) is 18.2 Å². The second kappa shape index (κ2) is 11.8. The van der Waals surface area contributed by atoms with Crippen LogP contribution >= 0.6 is 15.9 Å². The number of para-hydroxylation sites is 1. The largest absolute Gasteiger partial charge is 0.495 e. The van der Waals surface area contributed by atoms with Crippen LogP contribution in [0.25, 0.3) is 0 Å². The number of amides is 3. The number of benzene rings is 3. The van der Waals surface area contributed by atoms with E-state index in [4.69, 9.17) is 14.6 Å². The van der Waals surface area contributed by atoms with Gasteiger partial charge in [-0.05, 0) is 70.0 Å². The molecule has 1 saturated heterocycles. The van der Waals surface area contributed by atoms with E-state index >= 15 is 0 Å². The normalized spacial score (nSPS) is 14.6. The van der Waals surface area contributed by atoms with Crippen LogP contribution in [0.3, 0.4) is 0 Å². The lowest BCUT2D eigenvalue weighted by Gasteiger charge is -2.18. The van der Waals surface area contributed by atoms with E-state index in [9.17, 15) is 14.4 Å². The van der Waals surface area contributed by atoms with E-state index in [1.54, 1.807) is 41.3 Å². The highest BCUT2D eigenvalue weighted by molar-refractivity contribution is 9.10. The van der Waals surface area contributed by atoms with E-state index in [0.717, 1.165) is 10.0 Å². The van der Waals surface area contributed by atoms with Crippen molar-refractivity contribution in [3.8, 4) is 11.5 Å². The molecule has 1 aliphatic rings. The Bertz CT molecular complexity index is 1300. The molecule has 9 nitrogen and oxygen atoms in total. The molecule has 4 rings (SSSR count). The number of carboxylic acids is 1. The van der Waals surface area contributed by atoms with E-state index in [1.165, 1.54) is 19.2 Å². The number of halogens is 1. The highest BCUT2D eigenvalue weighted by atomic mass is 79.9. The molecule has 1 heterocycles. The van der Waals surface area contributed by atoms with Crippen molar-refractivity contribution < 1.29 is 29.0 Å². The molecule has 3 N–H and O–H groups in total. The molecule has 0 unspecified atom stereocenters. The smallest absolute Gasteiger partial charge is 0.335 e. The highest BCUT2D eigenvalue weighted by Gasteiger charge is 2.28. The number of nitrogens with zero attached hydrogens (tertiary/aromatic N) is 1. The number of hydrogen-bond acceptors (Lipinski definition) is 5. The molecule has 0 radical (unpaired) electrons. The van der Waals surface area contributed by atoms with Gasteiger partial charge < -0.3 is 30.1 Å². The molecule has 1 fully saturated rings. The van der Waals surface area contributed by atoms with Crippen molar-refractivity contribution >= 4 is 45.2 Å². The number of likely N-dealkylation sites (tertiary alicyclic amines) is 1. The van der Waals surface area contributed by atoms with Gasteiger partial charge in [-0.15, -0.1) is 0 Å². The Morgan fingerprint density at radius 1 is 1.03 bits per heavy atom. The van der Waals surface area contributed by atoms with Crippen molar-refractivity contribution in [1.82, 2.24) is 4.90 Å². The molecule has 1 atom stereocenters. The van der Waals surface area contributed by atoms with Crippen LogP contribution < -0.4 is 20.1 Å². The number of methoxy groups -OCH3 is 1. The van der Waals surface area contributed by atoms with Gasteiger partial charge in [0.2, 0.25) is 5.91 Å². The second-order valence-corrected chi connectivity index (χ2v) is 9.32. The predicted molar refractivity (Wildman–Crippen MR) is 142 cm³/mol. The van der Waals surface area contributed by atoms with Crippen LogP contribution in [0.15, 0.2) is 71.2 Å². The molecule has 3 aromatic carbocycles. The summed E-state index contributed by atoms with van der Waals surface area (Å²) >= 11 is 3.40. The standard InChI is InChI=1S/C27H26BrN3O6/c1-36-24-14-17(6-11-23(24)30-27(35)29-22-5-3-2-4-21(22)28)15-25(32)31-13-12-20(16-31)37-19-9-7-18(8-10-19)26(33)34/h2-11,14,20H,12-13,15-16H2,1H3,(H,33,34)(H2,29,30,35)/t20-/m0/s1. The van der Waals surface area contributed by atoms with Crippen molar-refractivity contribution in [2.24, 2.45) is 0 Å². The lowest BCUT2D eigenvalue weighted by molar-refractivity contribution is -0.129. The maximum Gasteiger partial charge on any atom is 0.335 e. The molecule has 0 aliphatic carbocycles. The molecule has 0 saturated carbocycles. The maximum atomic E-state index is 12.9. The molecule has 1 aliphatic heterocycles. The van der Waals surface area contributed by atoms with E-state index in [0.29, 0.717) is 42.4 Å². The first-order valence-corrected chi connectivity index (χ1v) is 12.4. The molecule has 0 spiro atoms. The van der Waals surface area contributed by atoms with Crippen molar-refractivity contribution in [1.29, 1.82) is 0 Å². The number of hydrogen-bond donors (Lipinski definition) is 3. The van der Waals surface area contributed by atoms with Gasteiger partial charge in [0.1, 0.15) is 17.6 Å². The molecular formula is C27H26BrN3O6. The Labute approximate surface area is 222 Å². The van der Waals surface area contributed by atoms with Gasteiger partial charge in [-0.25, -0.2) is 9.59 Å². The number of aromatic carboxylic acids is 1. The van der Waals surface area contributed by atoms with Gasteiger partial charge in [0.05, 0.1) is 37.0 Å². The number of anilines is 2. The zero-order valence-corrected chi connectivity index (χ0v) is 21.7. The topological polar surface area (TPSA) is 117 Å². The third-order valence-corrected chi connectivity index (χ3v) is 6.58. The van der Waals surface area contributed by atoms with Crippen molar-refractivity contribution in [2.45, 2.75) is 18.9 Å². The van der Waals surface area contributed by atoms with Gasteiger partial charge in [-0.1, -0.05) is 18.2 Å². The Balaban J connectivity index is 1.32. The quantitative estimate of drug-likeness (QED) is 0.351. The zero-order valence-electron chi connectivity index (χ0n) is 20.1. The second-order valence-electron chi connectivity index (χ2n) is 8.47. The number of carbonyl (C=O) groups excluding carboxylic acids is 2. The summed E-state index contributed by atoms with van der Waals surface area (Å²) in [5, 5.41) is 14.6. The minimum Gasteiger partial charge on any atom is -0.495 e. The average molecular weight is 568 g/mol. The van der Waals surface area contributed by atoms with Gasteiger partial charge in [0, 0.05) is 17.4 Å². The minimum absolute atomic E-state index is 0.0400. The summed E-state index contributed by atoms with van der Waals surface area (Å²) < 4.78 is 12.1. The van der Waals surface area contributed by atoms with Crippen LogP contribution in [0.5, 0.6) is 11.5 Å². The minimum atomic E-state index is -0.992. The Kier molecular flexibility index (Phi) is 8.29. The average Bonchev–Trinajstić information content (AvgIpc) is 3.35. The van der Waals surface area contributed by atoms with E-state index < -0.39 is 12.0 Å². The lowest BCUT2D eigenvalue weighted by Crippen LogP contribution is -2.32. The number of rotatable bonds is 8. The summed E-state index contributed by atoms with van der Waals surface area (Å²) in [6.07, 6.45) is 0.703. The summed E-state index contributed by atoms with van der Waals surface area (Å²) in [6, 6.07) is 18.3. The van der Waals surface area contributed by atoms with Crippen LogP contribution in [0.2, 0.25) is 0 Å². The molecule has 10 heteroatoms. The lowest BCUT2D eigenvalue weighted by atomic mass is 10.1. The molecule has 0 aromatic heterocycles. The summed E-state index contributed by atoms with van der Waals surface area (Å²) in [5.41, 5.74) is 2.06. The number of urea groups is 1. The fourth-order valence-electron chi connectivity index (χ4n) is 3.99. The summed E-state index contributed by atoms with van der Waals surface area (Å²) in [4.78, 5) is 38.1. The van der Waals surface area contributed by atoms with Gasteiger partial charge in [0.25, 0.3) is 0 Å². The van der Waals surface area contributed by atoms with Crippen LogP contribution in [0.1, 0.15) is 22.3 Å². The SMILES string of the molecule is COc1cc(CC(=O)N2CC[C@H](Oc3ccc(C(=O)O)cc3)C2)ccc1NC(=O)Nc1ccccc1Br. The third kappa shape index (κ3) is 6.79. The number of carbonyl (C=O) groups is 3. The maximum absolute atomic E-state index is 12.9. The third-order valence-electron chi connectivity index (χ3n) is 5.89. The number of ether oxygens (including phenoxy) is 2. The Morgan fingerprint density at radius 2 is 1.76 bits per heavy atom. The monoisotopic (exact) mass is 567 g/mol. The fourth-order valence-corrected chi connectivity index (χ4v) is 4.38. The summed E-state index contributed by atoms with van der Waals surface area (Å²) in [7, 11) is 1.50. The van der Waals surface area contributed by atoms with Crippen LogP contribution in [-0.4, -0.2) is 54.2 Å². The van der Waals surface area contributed by atoms with Crippen molar-refractivity contribution in [3.63, 3.8) is 0 Å². The number of nitrogens with one attached hydrogen (secondary N) is 2. The molecule has 0 bridgehead atoms. The fraction of sp³-hybridized carbons (Fsp3) is 0.222. The highest BCUT2D eigenvalue weighted by Crippen LogP contribution is 2.28. The van der Waals surface area contributed by atoms with Crippen LogP contribution in [-0.2, 0) is 11.2 Å². The molecule has 3 aromatic rings. The molecule has 37 heavy (non-hydrogen) atoms. The molecule has 3 amide bonds. The first-order valence-electron chi connectivity index (χ1n) is 11.6. The Hall–Kier alpha value is -4.05. The van der Waals surface area contributed by atoms with Gasteiger partial charge in [-0.3, -0.25) is 4.79 Å². The van der Waals surface area contributed by atoms with E-state index in [2.05, 4.69) is 26.6 Å². The summed E-state index contributed by atoms with van der Waals surface area (Å²) in [5.74, 6) is -0.0177. The van der Waals surface area contributed by atoms with Crippen LogP contribution in [0.4, 0.5) is 16.2 Å². The van der Waals surface area contributed by atoms with Gasteiger partial charge in [-0.2, -0.15) is 0 Å². The van der Waals surface area contributed by atoms with Crippen molar-refractivity contribution in [3.05, 3.63) is 82.3 Å². The first-order chi connectivity index (χ1) is 17.8. The zero-order chi connectivity index (χ0) is 26.4. The summed E-state index contributed by atoms with van der Waals surface area (Å²) in [6.45, 7) is 1.02. The van der Waals surface area contributed by atoms with Gasteiger partial charge in [0.15, 0.2) is 0 Å². The van der Waals surface area contributed by atoms with Crippen molar-refractivity contribution in [2.75, 3.05) is 30.8 Å². The number of carboxylic acid groups (broad SMARTS) is 1. The first kappa shape index (κ1) is 26.0. The molecular weight excluding hydrogens is 542 g/mol.